The van der Waals surface area contributed by atoms with Crippen LogP contribution in [0.3, 0.4) is 0 Å². The predicted octanol–water partition coefficient (Wildman–Crippen LogP) is 4.76. The predicted molar refractivity (Wildman–Crippen MR) is 116 cm³/mol. The van der Waals surface area contributed by atoms with E-state index in [1.165, 1.54) is 18.4 Å². The Balaban J connectivity index is 1.38. The highest BCUT2D eigenvalue weighted by molar-refractivity contribution is 6.06. The van der Waals surface area contributed by atoms with Gasteiger partial charge in [-0.05, 0) is 79.5 Å². The van der Waals surface area contributed by atoms with E-state index in [-0.39, 0.29) is 11.3 Å². The van der Waals surface area contributed by atoms with Crippen molar-refractivity contribution in [1.82, 2.24) is 4.90 Å². The van der Waals surface area contributed by atoms with Gasteiger partial charge in [0.05, 0.1) is 13.4 Å². The summed E-state index contributed by atoms with van der Waals surface area (Å²) in [5.41, 5.74) is 2.57. The fourth-order valence-electron chi connectivity index (χ4n) is 4.95. The SMILES string of the molecule is COc1ccc2c(c1)C1(CCN(Cc3ccc(F)c(F)c3)CC1)CN2C(=O)c1ccco1. The van der Waals surface area contributed by atoms with Gasteiger partial charge in [-0.1, -0.05) is 6.07 Å². The van der Waals surface area contributed by atoms with E-state index in [0.717, 1.165) is 48.5 Å². The largest absolute Gasteiger partial charge is 0.497 e. The molecular formula is C25H24F2N2O3. The van der Waals surface area contributed by atoms with Gasteiger partial charge >= 0.3 is 0 Å². The van der Waals surface area contributed by atoms with E-state index in [4.69, 9.17) is 9.15 Å². The first kappa shape index (κ1) is 20.7. The maximum Gasteiger partial charge on any atom is 0.293 e. The number of likely N-dealkylation sites (tertiary alicyclic amines) is 1. The van der Waals surface area contributed by atoms with Crippen molar-refractivity contribution in [3.8, 4) is 5.75 Å². The van der Waals surface area contributed by atoms with Gasteiger partial charge in [0, 0.05) is 24.2 Å². The molecule has 0 bridgehead atoms. The van der Waals surface area contributed by atoms with Crippen molar-refractivity contribution in [3.05, 3.63) is 83.3 Å². The van der Waals surface area contributed by atoms with Crippen LogP contribution in [-0.4, -0.2) is 37.6 Å². The zero-order valence-electron chi connectivity index (χ0n) is 17.8. The van der Waals surface area contributed by atoms with Gasteiger partial charge < -0.3 is 14.1 Å². The van der Waals surface area contributed by atoms with Gasteiger partial charge in [0.2, 0.25) is 0 Å². The highest BCUT2D eigenvalue weighted by Gasteiger charge is 2.47. The lowest BCUT2D eigenvalue weighted by Gasteiger charge is -2.40. The van der Waals surface area contributed by atoms with Crippen LogP contribution < -0.4 is 9.64 Å². The normalized spacial score (nSPS) is 17.5. The minimum atomic E-state index is -0.829. The molecule has 1 saturated heterocycles. The molecule has 1 amide bonds. The molecule has 2 aliphatic rings. The van der Waals surface area contributed by atoms with Crippen molar-refractivity contribution >= 4 is 11.6 Å². The number of amides is 1. The minimum Gasteiger partial charge on any atom is -0.497 e. The number of halogens is 2. The molecule has 2 aliphatic heterocycles. The number of nitrogens with zero attached hydrogens (tertiary/aromatic N) is 2. The van der Waals surface area contributed by atoms with E-state index in [9.17, 15) is 13.6 Å². The zero-order chi connectivity index (χ0) is 22.3. The molecule has 3 heterocycles. The fourth-order valence-corrected chi connectivity index (χ4v) is 4.95. The standard InChI is InChI=1S/C25H24F2N2O3/c1-31-18-5-7-22-19(14-18)25(16-29(22)24(30)23-3-2-12-32-23)8-10-28(11-9-25)15-17-4-6-20(26)21(27)13-17/h2-7,12-14H,8-11,15-16H2,1H3. The fraction of sp³-hybridized carbons (Fsp3) is 0.320. The average molecular weight is 438 g/mol. The molecule has 0 N–H and O–H groups in total. The van der Waals surface area contributed by atoms with Crippen LogP contribution in [0.1, 0.15) is 34.5 Å². The number of hydrogen-bond acceptors (Lipinski definition) is 4. The molecule has 3 aromatic rings. The number of furan rings is 1. The van der Waals surface area contributed by atoms with Crippen molar-refractivity contribution in [1.29, 1.82) is 0 Å². The summed E-state index contributed by atoms with van der Waals surface area (Å²) in [5, 5.41) is 0. The number of ether oxygens (including phenoxy) is 1. The van der Waals surface area contributed by atoms with Crippen molar-refractivity contribution in [3.63, 3.8) is 0 Å². The van der Waals surface area contributed by atoms with Crippen molar-refractivity contribution in [2.45, 2.75) is 24.8 Å². The summed E-state index contributed by atoms with van der Waals surface area (Å²) >= 11 is 0. The Kier molecular flexibility index (Phi) is 5.21. The molecule has 1 fully saturated rings. The third-order valence-electron chi connectivity index (χ3n) is 6.71. The Labute approximate surface area is 185 Å². The number of benzene rings is 2. The van der Waals surface area contributed by atoms with Crippen molar-refractivity contribution in [2.75, 3.05) is 31.6 Å². The Morgan fingerprint density at radius 3 is 2.59 bits per heavy atom. The molecule has 0 atom stereocenters. The van der Waals surface area contributed by atoms with E-state index in [1.807, 2.05) is 18.2 Å². The number of hydrogen-bond donors (Lipinski definition) is 0. The lowest BCUT2D eigenvalue weighted by molar-refractivity contribution is 0.0949. The summed E-state index contributed by atoms with van der Waals surface area (Å²) in [7, 11) is 1.64. The van der Waals surface area contributed by atoms with E-state index < -0.39 is 11.6 Å². The van der Waals surface area contributed by atoms with Crippen LogP contribution in [-0.2, 0) is 12.0 Å². The highest BCUT2D eigenvalue weighted by atomic mass is 19.2. The second-order valence-electron chi connectivity index (χ2n) is 8.56. The van der Waals surface area contributed by atoms with Gasteiger partial charge in [0.25, 0.3) is 5.91 Å². The molecular weight excluding hydrogens is 414 g/mol. The van der Waals surface area contributed by atoms with Gasteiger partial charge in [-0.2, -0.15) is 0 Å². The second kappa shape index (κ2) is 8.06. The third-order valence-corrected chi connectivity index (χ3v) is 6.71. The third kappa shape index (κ3) is 3.56. The van der Waals surface area contributed by atoms with E-state index in [1.54, 1.807) is 30.2 Å². The number of carbonyl (C=O) groups is 1. The monoisotopic (exact) mass is 438 g/mol. The molecule has 7 heteroatoms. The number of rotatable bonds is 4. The first-order chi connectivity index (χ1) is 15.5. The Morgan fingerprint density at radius 2 is 1.91 bits per heavy atom. The van der Waals surface area contributed by atoms with Crippen LogP contribution >= 0.6 is 0 Å². The lowest BCUT2D eigenvalue weighted by Crippen LogP contribution is -2.45. The maximum atomic E-state index is 13.6. The van der Waals surface area contributed by atoms with E-state index in [2.05, 4.69) is 4.90 Å². The molecule has 2 aromatic carbocycles. The number of anilines is 1. The first-order valence-corrected chi connectivity index (χ1v) is 10.7. The Bertz CT molecular complexity index is 1140. The molecule has 0 radical (unpaired) electrons. The lowest BCUT2D eigenvalue weighted by atomic mass is 9.74. The van der Waals surface area contributed by atoms with Crippen LogP contribution in [0.5, 0.6) is 5.75 Å². The number of fused-ring (bicyclic) bond motifs is 2. The summed E-state index contributed by atoms with van der Waals surface area (Å²) in [6.07, 6.45) is 3.20. The number of carbonyl (C=O) groups excluding carboxylic acids is 1. The van der Waals surface area contributed by atoms with Crippen LogP contribution in [0.15, 0.2) is 59.2 Å². The van der Waals surface area contributed by atoms with E-state index >= 15 is 0 Å². The van der Waals surface area contributed by atoms with Crippen LogP contribution in [0.4, 0.5) is 14.5 Å². The summed E-state index contributed by atoms with van der Waals surface area (Å²) in [6.45, 7) is 2.72. The van der Waals surface area contributed by atoms with Crippen LogP contribution in [0, 0.1) is 11.6 Å². The highest BCUT2D eigenvalue weighted by Crippen LogP contribution is 2.48. The molecule has 1 spiro atoms. The maximum absolute atomic E-state index is 13.6. The molecule has 0 aliphatic carbocycles. The molecule has 0 unspecified atom stereocenters. The minimum absolute atomic E-state index is 0.150. The number of methoxy groups -OCH3 is 1. The van der Waals surface area contributed by atoms with E-state index in [0.29, 0.717) is 18.8 Å². The van der Waals surface area contributed by atoms with Gasteiger partial charge in [-0.25, -0.2) is 8.78 Å². The van der Waals surface area contributed by atoms with Gasteiger partial charge in [-0.15, -0.1) is 0 Å². The van der Waals surface area contributed by atoms with Gasteiger partial charge in [-0.3, -0.25) is 9.69 Å². The molecule has 5 nitrogen and oxygen atoms in total. The quantitative estimate of drug-likeness (QED) is 0.589. The molecule has 5 rings (SSSR count). The first-order valence-electron chi connectivity index (χ1n) is 10.7. The average Bonchev–Trinajstić information content (AvgIpc) is 3.45. The van der Waals surface area contributed by atoms with Gasteiger partial charge in [0.1, 0.15) is 5.75 Å². The van der Waals surface area contributed by atoms with Gasteiger partial charge in [0.15, 0.2) is 17.4 Å². The molecule has 166 valence electrons. The summed E-state index contributed by atoms with van der Waals surface area (Å²) in [4.78, 5) is 17.2. The Morgan fingerprint density at radius 1 is 1.09 bits per heavy atom. The zero-order valence-corrected chi connectivity index (χ0v) is 17.8. The van der Waals surface area contributed by atoms with Crippen LogP contribution in [0.2, 0.25) is 0 Å². The van der Waals surface area contributed by atoms with Crippen LogP contribution in [0.25, 0.3) is 0 Å². The smallest absolute Gasteiger partial charge is 0.293 e. The molecule has 32 heavy (non-hydrogen) atoms. The summed E-state index contributed by atoms with van der Waals surface area (Å²) in [6, 6.07) is 13.3. The molecule has 1 aromatic heterocycles. The molecule has 0 saturated carbocycles. The summed E-state index contributed by atoms with van der Waals surface area (Å²) in [5.74, 6) is -0.717. The topological polar surface area (TPSA) is 45.9 Å². The van der Waals surface area contributed by atoms with Crippen molar-refractivity contribution < 1.29 is 22.7 Å². The van der Waals surface area contributed by atoms with Crippen molar-refractivity contribution in [2.24, 2.45) is 0 Å². The number of piperidine rings is 1. The summed E-state index contributed by atoms with van der Waals surface area (Å²) < 4.78 is 37.7. The second-order valence-corrected chi connectivity index (χ2v) is 8.56. The Hall–Kier alpha value is -3.19.